The molecule has 3 rings (SSSR count). The summed E-state index contributed by atoms with van der Waals surface area (Å²) >= 11 is 0. The molecule has 0 amide bonds. The molecule has 0 spiro atoms. The Morgan fingerprint density at radius 3 is 2.16 bits per heavy atom. The summed E-state index contributed by atoms with van der Waals surface area (Å²) in [4.78, 5) is 4.17. The Bertz CT molecular complexity index is 836. The van der Waals surface area contributed by atoms with E-state index in [9.17, 15) is 10.5 Å². The van der Waals surface area contributed by atoms with Crippen LogP contribution in [0.25, 0.3) is 0 Å². The highest BCUT2D eigenvalue weighted by atomic mass is 16.7. The fourth-order valence-corrected chi connectivity index (χ4v) is 4.05. The zero-order valence-electron chi connectivity index (χ0n) is 14.4. The van der Waals surface area contributed by atoms with Crippen LogP contribution in [0.1, 0.15) is 11.5 Å². The minimum atomic E-state index is -1.64. The SMILES string of the molecule is COc1ccc([C@@H]2[C@]3(C#N)C(N)=NC(OC)(OC)[C@@]23C#N)cc1OC. The highest BCUT2D eigenvalue weighted by Gasteiger charge is 2.93. The van der Waals surface area contributed by atoms with Gasteiger partial charge >= 0.3 is 0 Å². The summed E-state index contributed by atoms with van der Waals surface area (Å²) in [5.41, 5.74) is 4.05. The van der Waals surface area contributed by atoms with E-state index >= 15 is 0 Å². The highest BCUT2D eigenvalue weighted by Crippen LogP contribution is 2.81. The van der Waals surface area contributed by atoms with E-state index in [-0.39, 0.29) is 5.84 Å². The molecule has 0 radical (unpaired) electrons. The lowest BCUT2D eigenvalue weighted by atomic mass is 9.93. The van der Waals surface area contributed by atoms with Crippen molar-refractivity contribution in [2.45, 2.75) is 11.8 Å². The summed E-state index contributed by atoms with van der Waals surface area (Å²) in [6.07, 6.45) is 0. The van der Waals surface area contributed by atoms with Gasteiger partial charge in [-0.05, 0) is 17.7 Å². The third-order valence-electron chi connectivity index (χ3n) is 5.22. The maximum atomic E-state index is 9.99. The number of ether oxygens (including phenoxy) is 4. The third-order valence-corrected chi connectivity index (χ3v) is 5.22. The number of nitriles is 2. The topological polar surface area (TPSA) is 123 Å². The van der Waals surface area contributed by atoms with Crippen LogP contribution < -0.4 is 15.2 Å². The van der Waals surface area contributed by atoms with Gasteiger partial charge in [-0.25, -0.2) is 4.99 Å². The number of hydrogen-bond donors (Lipinski definition) is 1. The Labute approximate surface area is 145 Å². The molecule has 8 nitrogen and oxygen atoms in total. The summed E-state index contributed by atoms with van der Waals surface area (Å²) in [6, 6.07) is 9.60. The van der Waals surface area contributed by atoms with Gasteiger partial charge in [0.2, 0.25) is 0 Å². The maximum Gasteiger partial charge on any atom is 0.292 e. The average Bonchev–Trinajstić information content (AvgIpc) is 3.23. The van der Waals surface area contributed by atoms with Crippen molar-refractivity contribution in [1.82, 2.24) is 0 Å². The number of benzene rings is 1. The van der Waals surface area contributed by atoms with Crippen LogP contribution in [0.15, 0.2) is 23.2 Å². The number of nitrogens with zero attached hydrogens (tertiary/aromatic N) is 3. The molecule has 3 atom stereocenters. The monoisotopic (exact) mass is 342 g/mol. The lowest BCUT2D eigenvalue weighted by Crippen LogP contribution is -2.41. The van der Waals surface area contributed by atoms with E-state index in [0.717, 1.165) is 0 Å². The average molecular weight is 342 g/mol. The Balaban J connectivity index is 2.21. The first-order valence-corrected chi connectivity index (χ1v) is 7.49. The first-order chi connectivity index (χ1) is 12.0. The zero-order chi connectivity index (χ0) is 18.5. The second-order valence-electron chi connectivity index (χ2n) is 5.87. The van der Waals surface area contributed by atoms with Crippen LogP contribution in [0.5, 0.6) is 11.5 Å². The standard InChI is InChI=1S/C17H18N4O4/c1-22-11-6-5-10(7-12(11)23-2)13-15(8-18)14(20)21-17(24-3,25-4)16(13,15)9-19/h5-7,13H,1-4H3,(H2,20,21)/t13-,15-,16+/m1/s1. The third kappa shape index (κ3) is 1.63. The van der Waals surface area contributed by atoms with E-state index in [1.165, 1.54) is 28.4 Å². The van der Waals surface area contributed by atoms with Crippen molar-refractivity contribution in [2.75, 3.05) is 28.4 Å². The normalized spacial score (nSPS) is 31.3. The summed E-state index contributed by atoms with van der Waals surface area (Å²) < 4.78 is 21.4. The Kier molecular flexibility index (Phi) is 3.64. The van der Waals surface area contributed by atoms with Gasteiger partial charge in [0.05, 0.1) is 26.4 Å². The lowest BCUT2D eigenvalue weighted by molar-refractivity contribution is -0.230. The molecule has 1 aliphatic heterocycles. The number of amidine groups is 1. The molecule has 25 heavy (non-hydrogen) atoms. The van der Waals surface area contributed by atoms with E-state index in [0.29, 0.717) is 17.1 Å². The Morgan fingerprint density at radius 2 is 1.68 bits per heavy atom. The second-order valence-corrected chi connectivity index (χ2v) is 5.87. The molecule has 1 aromatic rings. The smallest absolute Gasteiger partial charge is 0.292 e. The van der Waals surface area contributed by atoms with E-state index in [4.69, 9.17) is 24.7 Å². The molecular weight excluding hydrogens is 324 g/mol. The number of aliphatic imine (C=N–C) groups is 1. The minimum Gasteiger partial charge on any atom is -0.493 e. The van der Waals surface area contributed by atoms with E-state index in [2.05, 4.69) is 17.1 Å². The van der Waals surface area contributed by atoms with Crippen LogP contribution in [0, 0.1) is 33.5 Å². The van der Waals surface area contributed by atoms with Crippen LogP contribution in [0.3, 0.4) is 0 Å². The van der Waals surface area contributed by atoms with Gasteiger partial charge in [0, 0.05) is 20.1 Å². The van der Waals surface area contributed by atoms with Gasteiger partial charge in [-0.3, -0.25) is 0 Å². The molecule has 0 aromatic heterocycles. The van der Waals surface area contributed by atoms with Crippen molar-refractivity contribution < 1.29 is 18.9 Å². The number of nitrogens with two attached hydrogens (primary N) is 1. The van der Waals surface area contributed by atoms with Crippen molar-refractivity contribution in [2.24, 2.45) is 21.6 Å². The highest BCUT2D eigenvalue weighted by molar-refractivity contribution is 6.00. The first-order valence-electron chi connectivity index (χ1n) is 7.49. The second kappa shape index (κ2) is 5.35. The summed E-state index contributed by atoms with van der Waals surface area (Å²) in [5.74, 6) is -1.16. The first kappa shape index (κ1) is 17.0. The van der Waals surface area contributed by atoms with Crippen molar-refractivity contribution in [3.63, 3.8) is 0 Å². The van der Waals surface area contributed by atoms with Gasteiger partial charge in [-0.15, -0.1) is 0 Å². The fourth-order valence-electron chi connectivity index (χ4n) is 4.05. The van der Waals surface area contributed by atoms with Crippen LogP contribution in [-0.4, -0.2) is 40.2 Å². The molecule has 1 fully saturated rings. The van der Waals surface area contributed by atoms with Crippen molar-refractivity contribution >= 4 is 5.84 Å². The lowest BCUT2D eigenvalue weighted by Gasteiger charge is -2.29. The number of hydrogen-bond acceptors (Lipinski definition) is 8. The number of rotatable bonds is 5. The molecule has 2 N–H and O–H groups in total. The molecule has 1 saturated carbocycles. The largest absolute Gasteiger partial charge is 0.493 e. The summed E-state index contributed by atoms with van der Waals surface area (Å²) in [5, 5.41) is 19.9. The number of methoxy groups -OCH3 is 4. The number of fused-ring (bicyclic) bond motifs is 1. The predicted octanol–water partition coefficient (Wildman–Crippen LogP) is 1.14. The van der Waals surface area contributed by atoms with Gasteiger partial charge in [-0.2, -0.15) is 10.5 Å². The van der Waals surface area contributed by atoms with Crippen LogP contribution in [0.4, 0.5) is 0 Å². The van der Waals surface area contributed by atoms with Crippen LogP contribution >= 0.6 is 0 Å². The fraction of sp³-hybridized carbons (Fsp3) is 0.471. The summed E-state index contributed by atoms with van der Waals surface area (Å²) in [6.45, 7) is 0. The van der Waals surface area contributed by atoms with Crippen LogP contribution in [-0.2, 0) is 9.47 Å². The van der Waals surface area contributed by atoms with Gasteiger partial charge in [-0.1, -0.05) is 6.07 Å². The maximum absolute atomic E-state index is 9.99. The zero-order valence-corrected chi connectivity index (χ0v) is 14.4. The van der Waals surface area contributed by atoms with Gasteiger partial charge in [0.1, 0.15) is 11.3 Å². The summed E-state index contributed by atoms with van der Waals surface area (Å²) in [7, 11) is 5.79. The van der Waals surface area contributed by atoms with E-state index in [1.807, 2.05) is 0 Å². The van der Waals surface area contributed by atoms with Gasteiger partial charge < -0.3 is 24.7 Å². The van der Waals surface area contributed by atoms with Crippen molar-refractivity contribution in [3.05, 3.63) is 23.8 Å². The molecule has 2 aliphatic rings. The van der Waals surface area contributed by atoms with Crippen molar-refractivity contribution in [1.29, 1.82) is 10.5 Å². The Morgan fingerprint density at radius 1 is 1.04 bits per heavy atom. The minimum absolute atomic E-state index is 0.0278. The van der Waals surface area contributed by atoms with Gasteiger partial charge in [0.15, 0.2) is 16.9 Å². The predicted molar refractivity (Wildman–Crippen MR) is 86.8 cm³/mol. The van der Waals surface area contributed by atoms with Crippen LogP contribution in [0.2, 0.25) is 0 Å². The molecule has 0 saturated heterocycles. The quantitative estimate of drug-likeness (QED) is 0.796. The molecule has 8 heteroatoms. The molecular formula is C17H18N4O4. The molecule has 130 valence electrons. The molecule has 1 heterocycles. The Hall–Kier alpha value is -2.81. The van der Waals surface area contributed by atoms with Gasteiger partial charge in [0.25, 0.3) is 5.91 Å². The molecule has 0 bridgehead atoms. The van der Waals surface area contributed by atoms with Crippen molar-refractivity contribution in [3.8, 4) is 23.6 Å². The molecule has 0 unspecified atom stereocenters. The van der Waals surface area contributed by atoms with E-state index < -0.39 is 22.7 Å². The molecule has 1 aliphatic carbocycles. The van der Waals surface area contributed by atoms with E-state index in [1.54, 1.807) is 18.2 Å². The molecule has 1 aromatic carbocycles.